The van der Waals surface area contributed by atoms with Crippen LogP contribution >= 0.6 is 22.7 Å². The largest absolute Gasteiger partial charge is 0.508 e. The summed E-state index contributed by atoms with van der Waals surface area (Å²) >= 11 is 3.70. The van der Waals surface area contributed by atoms with Crippen molar-refractivity contribution >= 4 is 43.6 Å². The quantitative estimate of drug-likeness (QED) is 0.255. The van der Waals surface area contributed by atoms with Crippen LogP contribution in [0.5, 0.6) is 5.75 Å². The van der Waals surface area contributed by atoms with Crippen LogP contribution in [0.25, 0.3) is 20.8 Å². The molecule has 0 radical (unpaired) electrons. The van der Waals surface area contributed by atoms with Crippen molar-refractivity contribution in [1.82, 2.24) is 9.88 Å². The molecule has 2 aromatic carbocycles. The highest BCUT2D eigenvalue weighted by molar-refractivity contribution is 7.22. The topological polar surface area (TPSA) is 60.4 Å². The maximum Gasteiger partial charge on any atom is 0.127 e. The number of anilines is 2. The molecular weight excluding hydrogens is 448 g/mol. The van der Waals surface area contributed by atoms with E-state index in [0.717, 1.165) is 55.2 Å². The fourth-order valence-electron chi connectivity index (χ4n) is 4.33. The number of thiazole rings is 1. The van der Waals surface area contributed by atoms with Crippen molar-refractivity contribution in [1.29, 1.82) is 0 Å². The molecule has 33 heavy (non-hydrogen) atoms. The van der Waals surface area contributed by atoms with Crippen LogP contribution in [0, 0.1) is 0 Å². The Morgan fingerprint density at radius 1 is 1.06 bits per heavy atom. The van der Waals surface area contributed by atoms with Crippen LogP contribution in [-0.2, 0) is 13.0 Å². The Labute approximate surface area is 203 Å². The van der Waals surface area contributed by atoms with Gasteiger partial charge < -0.3 is 15.7 Å². The summed E-state index contributed by atoms with van der Waals surface area (Å²) in [5.74, 6) is 0.290. The van der Waals surface area contributed by atoms with Gasteiger partial charge in [0.1, 0.15) is 10.8 Å². The molecule has 3 N–H and O–H groups in total. The van der Waals surface area contributed by atoms with Crippen LogP contribution in [0.1, 0.15) is 30.7 Å². The minimum absolute atomic E-state index is 0.290. The van der Waals surface area contributed by atoms with Gasteiger partial charge >= 0.3 is 0 Å². The van der Waals surface area contributed by atoms with Crippen molar-refractivity contribution < 1.29 is 5.11 Å². The molecule has 5 nitrogen and oxygen atoms in total. The highest BCUT2D eigenvalue weighted by Crippen LogP contribution is 2.45. The van der Waals surface area contributed by atoms with Crippen molar-refractivity contribution in [3.63, 3.8) is 0 Å². The van der Waals surface area contributed by atoms with E-state index in [-0.39, 0.29) is 0 Å². The van der Waals surface area contributed by atoms with Gasteiger partial charge in [-0.05, 0) is 56.5 Å². The van der Waals surface area contributed by atoms with Crippen molar-refractivity contribution in [2.75, 3.05) is 30.3 Å². The second kappa shape index (κ2) is 9.71. The zero-order valence-electron chi connectivity index (χ0n) is 19.1. The first kappa shape index (κ1) is 22.2. The highest BCUT2D eigenvalue weighted by atomic mass is 32.1. The van der Waals surface area contributed by atoms with Gasteiger partial charge in [0.25, 0.3) is 0 Å². The second-order valence-corrected chi connectivity index (χ2v) is 10.9. The van der Waals surface area contributed by atoms with Crippen LogP contribution in [0.3, 0.4) is 0 Å². The van der Waals surface area contributed by atoms with Crippen molar-refractivity contribution in [3.05, 3.63) is 59.0 Å². The Kier molecular flexibility index (Phi) is 6.53. The lowest BCUT2D eigenvalue weighted by molar-refractivity contribution is 0.206. The maximum atomic E-state index is 9.63. The first-order valence-electron chi connectivity index (χ1n) is 11.6. The van der Waals surface area contributed by atoms with E-state index in [4.69, 9.17) is 4.98 Å². The molecular formula is C26H30N4OS2. The van der Waals surface area contributed by atoms with Gasteiger partial charge in [-0.3, -0.25) is 4.90 Å². The van der Waals surface area contributed by atoms with Gasteiger partial charge in [-0.15, -0.1) is 22.7 Å². The molecule has 7 heteroatoms. The molecule has 0 saturated carbocycles. The minimum Gasteiger partial charge on any atom is -0.508 e. The number of para-hydroxylation sites is 1. The van der Waals surface area contributed by atoms with Gasteiger partial charge in [0.2, 0.25) is 0 Å². The molecule has 2 aromatic heterocycles. The molecule has 0 amide bonds. The highest BCUT2D eigenvalue weighted by Gasteiger charge is 2.27. The molecule has 0 atom stereocenters. The number of hydrogen-bond acceptors (Lipinski definition) is 7. The normalized spacial score (nSPS) is 14.0. The molecule has 0 aliphatic carbocycles. The monoisotopic (exact) mass is 478 g/mol. The van der Waals surface area contributed by atoms with Crippen molar-refractivity contribution in [2.45, 2.75) is 39.3 Å². The van der Waals surface area contributed by atoms with Crippen LogP contribution < -0.4 is 10.6 Å². The molecule has 172 valence electrons. The van der Waals surface area contributed by atoms with Crippen molar-refractivity contribution in [2.24, 2.45) is 0 Å². The minimum atomic E-state index is 0.290. The van der Waals surface area contributed by atoms with E-state index in [1.165, 1.54) is 25.7 Å². The summed E-state index contributed by atoms with van der Waals surface area (Å²) in [5, 5.41) is 19.1. The van der Waals surface area contributed by atoms with E-state index < -0.39 is 0 Å². The molecule has 0 spiro atoms. The van der Waals surface area contributed by atoms with E-state index in [1.54, 1.807) is 23.5 Å². The third-order valence-electron chi connectivity index (χ3n) is 6.14. The number of nitrogens with one attached hydrogen (secondary N) is 2. The molecule has 0 fully saturated rings. The van der Waals surface area contributed by atoms with E-state index in [9.17, 15) is 5.11 Å². The molecule has 5 rings (SSSR count). The molecule has 1 aliphatic heterocycles. The summed E-state index contributed by atoms with van der Waals surface area (Å²) in [5.41, 5.74) is 4.83. The smallest absolute Gasteiger partial charge is 0.127 e. The van der Waals surface area contributed by atoms with Gasteiger partial charge in [-0.2, -0.15) is 0 Å². The number of hydrogen-bond donors (Lipinski definition) is 3. The van der Waals surface area contributed by atoms with E-state index in [2.05, 4.69) is 53.6 Å². The lowest BCUT2D eigenvalue weighted by Gasteiger charge is -2.30. The van der Waals surface area contributed by atoms with E-state index in [0.29, 0.717) is 11.8 Å². The van der Waals surface area contributed by atoms with Gasteiger partial charge in [-0.1, -0.05) is 18.2 Å². The number of aromatic hydroxyl groups is 1. The van der Waals surface area contributed by atoms with Crippen LogP contribution in [-0.4, -0.2) is 40.7 Å². The summed E-state index contributed by atoms with van der Waals surface area (Å²) < 4.78 is 1.24. The van der Waals surface area contributed by atoms with Crippen LogP contribution in [0.2, 0.25) is 0 Å². The predicted octanol–water partition coefficient (Wildman–Crippen LogP) is 6.41. The van der Waals surface area contributed by atoms with Gasteiger partial charge in [0, 0.05) is 54.4 Å². The summed E-state index contributed by atoms with van der Waals surface area (Å²) in [6, 6.07) is 16.3. The first-order valence-corrected chi connectivity index (χ1v) is 13.2. The number of rotatable bonds is 8. The lowest BCUT2D eigenvalue weighted by Crippen LogP contribution is -2.35. The van der Waals surface area contributed by atoms with E-state index in [1.807, 2.05) is 23.5 Å². The Morgan fingerprint density at radius 3 is 2.73 bits per heavy atom. The average molecular weight is 479 g/mol. The second-order valence-electron chi connectivity index (χ2n) is 8.77. The Bertz CT molecular complexity index is 1210. The molecule has 0 bridgehead atoms. The maximum absolute atomic E-state index is 9.63. The fraction of sp³-hybridized carbons (Fsp3) is 0.346. The standard InChI is InChI=1S/C26H30N4OS2/c1-17(2)30-14-11-20-23(16-30)33-25(24(20)26-29-21-9-3-4-10-22(21)32-26)28-13-6-12-27-18-7-5-8-19(31)15-18/h3-5,7-10,15,17,27-28,31H,6,11-14,16H2,1-2H3. The lowest BCUT2D eigenvalue weighted by atomic mass is 10.0. The molecule has 0 saturated heterocycles. The summed E-state index contributed by atoms with van der Waals surface area (Å²) in [7, 11) is 0. The zero-order chi connectivity index (χ0) is 22.8. The average Bonchev–Trinajstić information content (AvgIpc) is 3.39. The first-order chi connectivity index (χ1) is 16.1. The van der Waals surface area contributed by atoms with Crippen LogP contribution in [0.15, 0.2) is 48.5 Å². The third kappa shape index (κ3) is 4.86. The summed E-state index contributed by atoms with van der Waals surface area (Å²) in [6.07, 6.45) is 2.06. The van der Waals surface area contributed by atoms with Crippen LogP contribution in [0.4, 0.5) is 10.7 Å². The van der Waals surface area contributed by atoms with E-state index >= 15 is 0 Å². The number of phenols is 1. The third-order valence-corrected chi connectivity index (χ3v) is 8.37. The van der Waals surface area contributed by atoms with Crippen molar-refractivity contribution in [3.8, 4) is 16.3 Å². The SMILES string of the molecule is CC(C)N1CCc2c(sc(NCCCNc3cccc(O)c3)c2-c2nc3ccccc3s2)C1. The molecule has 3 heterocycles. The van der Waals surface area contributed by atoms with Gasteiger partial charge in [-0.25, -0.2) is 4.98 Å². The molecule has 1 aliphatic rings. The molecule has 4 aromatic rings. The summed E-state index contributed by atoms with van der Waals surface area (Å²) in [6.45, 7) is 8.43. The molecule has 0 unspecified atom stereocenters. The summed E-state index contributed by atoms with van der Waals surface area (Å²) in [4.78, 5) is 9.04. The number of thiophene rings is 1. The van der Waals surface area contributed by atoms with Gasteiger partial charge in [0.15, 0.2) is 0 Å². The Morgan fingerprint density at radius 2 is 1.91 bits per heavy atom. The number of benzene rings is 2. The van der Waals surface area contributed by atoms with Gasteiger partial charge in [0.05, 0.1) is 15.2 Å². The zero-order valence-corrected chi connectivity index (χ0v) is 20.7. The predicted molar refractivity (Wildman–Crippen MR) is 142 cm³/mol. The fourth-order valence-corrected chi connectivity index (χ4v) is 6.74. The number of fused-ring (bicyclic) bond motifs is 2. The number of phenolic OH excluding ortho intramolecular Hbond substituents is 1. The Balaban J connectivity index is 1.34. The number of nitrogens with zero attached hydrogens (tertiary/aromatic N) is 2. The number of aromatic nitrogens is 1. The Hall–Kier alpha value is -2.61.